The van der Waals surface area contributed by atoms with Gasteiger partial charge in [0.15, 0.2) is 0 Å². The van der Waals surface area contributed by atoms with E-state index in [1.807, 2.05) is 6.07 Å². The molecule has 0 aliphatic carbocycles. The maximum absolute atomic E-state index is 12.4. The van der Waals surface area contributed by atoms with Crippen molar-refractivity contribution in [2.24, 2.45) is 0 Å². The Labute approximate surface area is 123 Å². The van der Waals surface area contributed by atoms with Gasteiger partial charge in [-0.3, -0.25) is 4.79 Å². The zero-order valence-electron chi connectivity index (χ0n) is 10.7. The smallest absolute Gasteiger partial charge is 0.387 e. The average Bonchev–Trinajstić information content (AvgIpc) is 2.39. The van der Waals surface area contributed by atoms with Crippen LogP contribution in [0, 0.1) is 11.3 Å². The molecule has 0 heterocycles. The third-order valence-corrected chi connectivity index (χ3v) is 3.01. The molecule has 7 heteroatoms. The van der Waals surface area contributed by atoms with Crippen molar-refractivity contribution in [3.8, 4) is 11.8 Å². The Morgan fingerprint density at radius 3 is 2.65 bits per heavy atom. The van der Waals surface area contributed by atoms with E-state index in [4.69, 9.17) is 10.00 Å². The van der Waals surface area contributed by atoms with E-state index in [9.17, 15) is 13.6 Å². The molecule has 0 radical (unpaired) electrons. The summed E-state index contributed by atoms with van der Waals surface area (Å²) < 4.78 is 33.9. The number of ether oxygens (including phenoxy) is 2. The zero-order valence-corrected chi connectivity index (χ0v) is 12.2. The monoisotopic (exact) mass is 347 g/mol. The maximum atomic E-state index is 12.4. The van der Waals surface area contributed by atoms with E-state index in [1.165, 1.54) is 12.1 Å². The highest BCUT2D eigenvalue weighted by molar-refractivity contribution is 9.08. The number of benzene rings is 1. The summed E-state index contributed by atoms with van der Waals surface area (Å²) in [5.41, 5.74) is 1.00. The lowest BCUT2D eigenvalue weighted by molar-refractivity contribution is -0.142. The molecule has 0 unspecified atom stereocenters. The number of esters is 1. The summed E-state index contributed by atoms with van der Waals surface area (Å²) in [5, 5.41) is 9.32. The van der Waals surface area contributed by atoms with Gasteiger partial charge in [0.05, 0.1) is 24.7 Å². The standard InChI is InChI=1S/C13H12BrF2NO3/c1-2-19-12(18)5-8-3-10(7-17)9(6-14)4-11(8)20-13(15)16/h3-4,13H,2,5-6H2,1H3. The quantitative estimate of drug-likeness (QED) is 0.585. The molecular weight excluding hydrogens is 336 g/mol. The SMILES string of the molecule is CCOC(=O)Cc1cc(C#N)c(CBr)cc1OC(F)F. The minimum Gasteiger partial charge on any atom is -0.466 e. The van der Waals surface area contributed by atoms with Gasteiger partial charge in [-0.05, 0) is 24.6 Å². The van der Waals surface area contributed by atoms with Crippen molar-refractivity contribution < 1.29 is 23.0 Å². The number of nitrogens with zero attached hydrogens (tertiary/aromatic N) is 1. The first-order chi connectivity index (χ1) is 9.51. The van der Waals surface area contributed by atoms with Gasteiger partial charge in [-0.15, -0.1) is 0 Å². The van der Waals surface area contributed by atoms with Gasteiger partial charge < -0.3 is 9.47 Å². The van der Waals surface area contributed by atoms with Crippen LogP contribution in [0.2, 0.25) is 0 Å². The summed E-state index contributed by atoms with van der Waals surface area (Å²) in [4.78, 5) is 11.4. The van der Waals surface area contributed by atoms with Crippen LogP contribution in [0.4, 0.5) is 8.78 Å². The summed E-state index contributed by atoms with van der Waals surface area (Å²) >= 11 is 3.16. The number of carbonyl (C=O) groups excluding carboxylic acids is 1. The molecule has 0 amide bonds. The highest BCUT2D eigenvalue weighted by Crippen LogP contribution is 2.27. The van der Waals surface area contributed by atoms with E-state index in [1.54, 1.807) is 6.92 Å². The number of nitriles is 1. The summed E-state index contributed by atoms with van der Waals surface area (Å²) in [6.45, 7) is -1.18. The number of halogens is 3. The number of alkyl halides is 3. The number of hydrogen-bond acceptors (Lipinski definition) is 4. The van der Waals surface area contributed by atoms with Gasteiger partial charge in [-0.25, -0.2) is 0 Å². The fraction of sp³-hybridized carbons (Fsp3) is 0.385. The molecule has 0 saturated carbocycles. The molecule has 0 atom stereocenters. The molecule has 0 bridgehead atoms. The van der Waals surface area contributed by atoms with Gasteiger partial charge in [-0.1, -0.05) is 15.9 Å². The van der Waals surface area contributed by atoms with E-state index >= 15 is 0 Å². The summed E-state index contributed by atoms with van der Waals surface area (Å²) in [7, 11) is 0. The first kappa shape index (κ1) is 16.4. The van der Waals surface area contributed by atoms with Crippen molar-refractivity contribution in [1.82, 2.24) is 0 Å². The third-order valence-electron chi connectivity index (χ3n) is 2.41. The third kappa shape index (κ3) is 4.46. The Morgan fingerprint density at radius 2 is 2.15 bits per heavy atom. The lowest BCUT2D eigenvalue weighted by atomic mass is 10.0. The van der Waals surface area contributed by atoms with Gasteiger partial charge in [0.25, 0.3) is 0 Å². The van der Waals surface area contributed by atoms with E-state index < -0.39 is 12.6 Å². The van der Waals surface area contributed by atoms with Crippen LogP contribution in [-0.4, -0.2) is 19.2 Å². The predicted molar refractivity (Wildman–Crippen MR) is 70.8 cm³/mol. The molecule has 0 spiro atoms. The molecule has 1 aromatic rings. The van der Waals surface area contributed by atoms with Gasteiger partial charge >= 0.3 is 12.6 Å². The van der Waals surface area contributed by atoms with Crippen LogP contribution in [0.1, 0.15) is 23.6 Å². The highest BCUT2D eigenvalue weighted by Gasteiger charge is 2.17. The van der Waals surface area contributed by atoms with Crippen molar-refractivity contribution in [1.29, 1.82) is 5.26 Å². The summed E-state index contributed by atoms with van der Waals surface area (Å²) in [6.07, 6.45) is -0.229. The van der Waals surface area contributed by atoms with Gasteiger partial charge in [0.2, 0.25) is 0 Å². The van der Waals surface area contributed by atoms with Crippen LogP contribution in [0.3, 0.4) is 0 Å². The Balaban J connectivity index is 3.17. The largest absolute Gasteiger partial charge is 0.466 e. The van der Waals surface area contributed by atoms with Crippen molar-refractivity contribution >= 4 is 21.9 Å². The first-order valence-electron chi connectivity index (χ1n) is 5.74. The Morgan fingerprint density at radius 1 is 1.45 bits per heavy atom. The van der Waals surface area contributed by atoms with Crippen LogP contribution in [0.5, 0.6) is 5.75 Å². The predicted octanol–water partition coefficient (Wildman–Crippen LogP) is 3.16. The number of rotatable bonds is 6. The molecule has 0 aliphatic heterocycles. The molecule has 0 aromatic heterocycles. The lowest BCUT2D eigenvalue weighted by Crippen LogP contribution is -2.11. The Kier molecular flexibility index (Phi) is 6.39. The molecular formula is C13H12BrF2NO3. The Hall–Kier alpha value is -1.68. The molecule has 0 aliphatic rings. The lowest BCUT2D eigenvalue weighted by Gasteiger charge is -2.13. The molecule has 108 valence electrons. The van der Waals surface area contributed by atoms with Crippen LogP contribution in [-0.2, 0) is 21.3 Å². The van der Waals surface area contributed by atoms with Crippen molar-refractivity contribution in [3.63, 3.8) is 0 Å². The second-order valence-electron chi connectivity index (χ2n) is 3.72. The molecule has 0 N–H and O–H groups in total. The highest BCUT2D eigenvalue weighted by atomic mass is 79.9. The van der Waals surface area contributed by atoms with Gasteiger partial charge in [0, 0.05) is 10.9 Å². The van der Waals surface area contributed by atoms with Crippen LogP contribution >= 0.6 is 15.9 Å². The molecule has 0 saturated heterocycles. The van der Waals surface area contributed by atoms with Crippen LogP contribution < -0.4 is 4.74 Å². The molecule has 1 rings (SSSR count). The second kappa shape index (κ2) is 7.80. The van der Waals surface area contributed by atoms with Crippen molar-refractivity contribution in [2.75, 3.05) is 6.61 Å². The minimum atomic E-state index is -3.01. The fourth-order valence-corrected chi connectivity index (χ4v) is 2.06. The summed E-state index contributed by atoms with van der Waals surface area (Å²) in [5.74, 6) is -0.691. The van der Waals surface area contributed by atoms with Gasteiger partial charge in [0.1, 0.15) is 5.75 Å². The van der Waals surface area contributed by atoms with E-state index in [0.717, 1.165) is 0 Å². The number of carbonyl (C=O) groups is 1. The molecule has 20 heavy (non-hydrogen) atoms. The molecule has 1 aromatic carbocycles. The van der Waals surface area contributed by atoms with E-state index in [0.29, 0.717) is 16.5 Å². The molecule has 0 fully saturated rings. The van der Waals surface area contributed by atoms with Gasteiger partial charge in [-0.2, -0.15) is 14.0 Å². The normalized spacial score (nSPS) is 10.2. The minimum absolute atomic E-state index is 0.124. The number of hydrogen-bond donors (Lipinski definition) is 0. The Bertz CT molecular complexity index is 529. The van der Waals surface area contributed by atoms with Crippen LogP contribution in [0.15, 0.2) is 12.1 Å². The maximum Gasteiger partial charge on any atom is 0.387 e. The van der Waals surface area contributed by atoms with E-state index in [2.05, 4.69) is 20.7 Å². The van der Waals surface area contributed by atoms with Crippen molar-refractivity contribution in [3.05, 3.63) is 28.8 Å². The average molecular weight is 348 g/mol. The zero-order chi connectivity index (χ0) is 15.1. The van der Waals surface area contributed by atoms with E-state index in [-0.39, 0.29) is 24.3 Å². The molecule has 4 nitrogen and oxygen atoms in total. The van der Waals surface area contributed by atoms with Crippen molar-refractivity contribution in [2.45, 2.75) is 25.3 Å². The van der Waals surface area contributed by atoms with Crippen LogP contribution in [0.25, 0.3) is 0 Å². The topological polar surface area (TPSA) is 59.3 Å². The summed E-state index contributed by atoms with van der Waals surface area (Å²) in [6, 6.07) is 4.64. The fourth-order valence-electron chi connectivity index (χ4n) is 1.59. The second-order valence-corrected chi connectivity index (χ2v) is 4.28. The first-order valence-corrected chi connectivity index (χ1v) is 6.86.